The Kier molecular flexibility index (Phi) is 2.10. The second kappa shape index (κ2) is 3.41. The summed E-state index contributed by atoms with van der Waals surface area (Å²) in [5.74, 6) is 0.614. The Hall–Kier alpha value is -1.97. The van der Waals surface area contributed by atoms with Crippen molar-refractivity contribution in [1.29, 1.82) is 0 Å². The normalized spacial score (nSPS) is 10.1. The van der Waals surface area contributed by atoms with Gasteiger partial charge in [0.25, 0.3) is 0 Å². The number of hydrogen-bond acceptors (Lipinski definition) is 3. The van der Waals surface area contributed by atoms with E-state index in [2.05, 4.69) is 9.97 Å². The van der Waals surface area contributed by atoms with Crippen molar-refractivity contribution in [2.75, 3.05) is 0 Å². The summed E-state index contributed by atoms with van der Waals surface area (Å²) in [4.78, 5) is 18.9. The summed E-state index contributed by atoms with van der Waals surface area (Å²) in [5, 5.41) is 0. The quantitative estimate of drug-likeness (QED) is 0.667. The standard InChI is InChI=1S/C10H9N3O/c1-8-4-9(6-14)10(12-5-8)13-3-2-11-7-13/h2-7H,1H3. The van der Waals surface area contributed by atoms with Crippen molar-refractivity contribution in [1.82, 2.24) is 14.5 Å². The third-order valence-electron chi connectivity index (χ3n) is 1.91. The van der Waals surface area contributed by atoms with Crippen LogP contribution < -0.4 is 0 Å². The average Bonchev–Trinajstić information content (AvgIpc) is 2.70. The molecule has 14 heavy (non-hydrogen) atoms. The minimum absolute atomic E-state index is 0.572. The summed E-state index contributed by atoms with van der Waals surface area (Å²) >= 11 is 0. The molecule has 0 aliphatic heterocycles. The van der Waals surface area contributed by atoms with Crippen LogP contribution in [0.4, 0.5) is 0 Å². The van der Waals surface area contributed by atoms with Crippen LogP contribution in [0.15, 0.2) is 31.0 Å². The smallest absolute Gasteiger partial charge is 0.153 e. The van der Waals surface area contributed by atoms with Crippen LogP contribution in [0.1, 0.15) is 15.9 Å². The first kappa shape index (κ1) is 8.62. The third kappa shape index (κ3) is 1.42. The zero-order valence-corrected chi connectivity index (χ0v) is 7.71. The molecule has 0 atom stereocenters. The van der Waals surface area contributed by atoms with E-state index in [1.807, 2.05) is 6.92 Å². The molecule has 0 unspecified atom stereocenters. The maximum Gasteiger partial charge on any atom is 0.153 e. The molecule has 0 spiro atoms. The molecule has 0 aliphatic carbocycles. The Morgan fingerprint density at radius 3 is 3.00 bits per heavy atom. The minimum Gasteiger partial charge on any atom is -0.298 e. The molecule has 70 valence electrons. The lowest BCUT2D eigenvalue weighted by atomic mass is 10.2. The second-order valence-electron chi connectivity index (χ2n) is 3.01. The van der Waals surface area contributed by atoms with Gasteiger partial charge in [-0.25, -0.2) is 9.97 Å². The van der Waals surface area contributed by atoms with E-state index in [0.29, 0.717) is 11.4 Å². The predicted molar refractivity (Wildman–Crippen MR) is 51.5 cm³/mol. The van der Waals surface area contributed by atoms with E-state index in [1.54, 1.807) is 35.6 Å². The molecule has 0 bridgehead atoms. The van der Waals surface area contributed by atoms with Gasteiger partial charge in [-0.05, 0) is 18.6 Å². The largest absolute Gasteiger partial charge is 0.298 e. The number of carbonyl (C=O) groups is 1. The van der Waals surface area contributed by atoms with Crippen molar-refractivity contribution >= 4 is 6.29 Å². The molecular weight excluding hydrogens is 178 g/mol. The molecule has 4 nitrogen and oxygen atoms in total. The third-order valence-corrected chi connectivity index (χ3v) is 1.91. The monoisotopic (exact) mass is 187 g/mol. The maximum atomic E-state index is 10.8. The van der Waals surface area contributed by atoms with Gasteiger partial charge in [-0.2, -0.15) is 0 Å². The van der Waals surface area contributed by atoms with Gasteiger partial charge in [-0.15, -0.1) is 0 Å². The lowest BCUT2D eigenvalue weighted by molar-refractivity contribution is 0.112. The second-order valence-corrected chi connectivity index (χ2v) is 3.01. The number of aldehydes is 1. The predicted octanol–water partition coefficient (Wildman–Crippen LogP) is 1.39. The van der Waals surface area contributed by atoms with E-state index < -0.39 is 0 Å². The fourth-order valence-corrected chi connectivity index (χ4v) is 1.27. The molecule has 2 heterocycles. The molecule has 2 aromatic rings. The van der Waals surface area contributed by atoms with Crippen molar-refractivity contribution in [3.63, 3.8) is 0 Å². The van der Waals surface area contributed by atoms with Crippen molar-refractivity contribution in [2.24, 2.45) is 0 Å². The number of aryl methyl sites for hydroxylation is 1. The van der Waals surface area contributed by atoms with Crippen LogP contribution in [0.25, 0.3) is 5.82 Å². The Morgan fingerprint density at radius 2 is 2.36 bits per heavy atom. The molecule has 0 radical (unpaired) electrons. The van der Waals surface area contributed by atoms with Crippen molar-refractivity contribution in [3.05, 3.63) is 42.1 Å². The van der Waals surface area contributed by atoms with Crippen molar-refractivity contribution in [3.8, 4) is 5.82 Å². The van der Waals surface area contributed by atoms with E-state index in [9.17, 15) is 4.79 Å². The maximum absolute atomic E-state index is 10.8. The molecule has 0 fully saturated rings. The molecule has 0 aliphatic rings. The molecular formula is C10H9N3O. The van der Waals surface area contributed by atoms with Crippen LogP contribution in [0.5, 0.6) is 0 Å². The number of carbonyl (C=O) groups excluding carboxylic acids is 1. The van der Waals surface area contributed by atoms with Crippen LogP contribution in [0.2, 0.25) is 0 Å². The molecule has 2 rings (SSSR count). The Balaban J connectivity index is 2.58. The molecule has 0 amide bonds. The van der Waals surface area contributed by atoms with Gasteiger partial charge in [-0.1, -0.05) is 0 Å². The first-order valence-corrected chi connectivity index (χ1v) is 4.21. The number of hydrogen-bond donors (Lipinski definition) is 0. The topological polar surface area (TPSA) is 47.8 Å². The van der Waals surface area contributed by atoms with E-state index >= 15 is 0 Å². The number of pyridine rings is 1. The van der Waals surface area contributed by atoms with Gasteiger partial charge in [0.15, 0.2) is 6.29 Å². The summed E-state index contributed by atoms with van der Waals surface area (Å²) in [6.07, 6.45) is 7.54. The summed E-state index contributed by atoms with van der Waals surface area (Å²) < 4.78 is 1.71. The first-order valence-electron chi connectivity index (χ1n) is 4.21. The highest BCUT2D eigenvalue weighted by atomic mass is 16.1. The van der Waals surface area contributed by atoms with E-state index in [0.717, 1.165) is 11.8 Å². The molecule has 2 aromatic heterocycles. The average molecular weight is 187 g/mol. The Labute approximate surface area is 81.2 Å². The first-order chi connectivity index (χ1) is 6.81. The number of imidazole rings is 1. The van der Waals surface area contributed by atoms with Crippen LogP contribution in [-0.2, 0) is 0 Å². The van der Waals surface area contributed by atoms with Gasteiger partial charge < -0.3 is 0 Å². The molecule has 0 saturated heterocycles. The number of rotatable bonds is 2. The highest BCUT2D eigenvalue weighted by Crippen LogP contribution is 2.10. The highest BCUT2D eigenvalue weighted by molar-refractivity contribution is 5.79. The van der Waals surface area contributed by atoms with Crippen LogP contribution in [-0.4, -0.2) is 20.8 Å². The van der Waals surface area contributed by atoms with Gasteiger partial charge in [0.2, 0.25) is 0 Å². The summed E-state index contributed by atoms with van der Waals surface area (Å²) in [6.45, 7) is 1.90. The Morgan fingerprint density at radius 1 is 1.50 bits per heavy atom. The van der Waals surface area contributed by atoms with Crippen LogP contribution in [0.3, 0.4) is 0 Å². The summed E-state index contributed by atoms with van der Waals surface area (Å²) in [6, 6.07) is 1.80. The van der Waals surface area contributed by atoms with Crippen molar-refractivity contribution in [2.45, 2.75) is 6.92 Å². The van der Waals surface area contributed by atoms with Gasteiger partial charge in [0.05, 0.1) is 5.56 Å². The van der Waals surface area contributed by atoms with Gasteiger partial charge in [0, 0.05) is 18.6 Å². The molecule has 0 N–H and O–H groups in total. The van der Waals surface area contributed by atoms with Gasteiger partial charge >= 0.3 is 0 Å². The highest BCUT2D eigenvalue weighted by Gasteiger charge is 2.04. The number of nitrogens with zero attached hydrogens (tertiary/aromatic N) is 3. The fraction of sp³-hybridized carbons (Fsp3) is 0.100. The van der Waals surface area contributed by atoms with E-state index in [1.165, 1.54) is 0 Å². The van der Waals surface area contributed by atoms with E-state index in [-0.39, 0.29) is 0 Å². The number of aromatic nitrogens is 3. The molecule has 0 saturated carbocycles. The SMILES string of the molecule is Cc1cnc(-n2ccnc2)c(C=O)c1. The zero-order valence-electron chi connectivity index (χ0n) is 7.71. The van der Waals surface area contributed by atoms with E-state index in [4.69, 9.17) is 0 Å². The summed E-state index contributed by atoms with van der Waals surface area (Å²) in [7, 11) is 0. The molecule has 0 aromatic carbocycles. The summed E-state index contributed by atoms with van der Waals surface area (Å²) in [5.41, 5.74) is 1.54. The lowest BCUT2D eigenvalue weighted by Crippen LogP contribution is -2.00. The fourth-order valence-electron chi connectivity index (χ4n) is 1.27. The van der Waals surface area contributed by atoms with Crippen molar-refractivity contribution < 1.29 is 4.79 Å². The zero-order chi connectivity index (χ0) is 9.97. The lowest BCUT2D eigenvalue weighted by Gasteiger charge is -2.04. The van der Waals surface area contributed by atoms with Crippen LogP contribution >= 0.6 is 0 Å². The minimum atomic E-state index is 0.572. The van der Waals surface area contributed by atoms with Gasteiger partial charge in [0.1, 0.15) is 12.1 Å². The van der Waals surface area contributed by atoms with Crippen LogP contribution in [0, 0.1) is 6.92 Å². The van der Waals surface area contributed by atoms with Gasteiger partial charge in [-0.3, -0.25) is 9.36 Å². The molecule has 4 heteroatoms. The Bertz CT molecular complexity index is 448.